The second-order valence-electron chi connectivity index (χ2n) is 4.41. The molecule has 96 valence electrons. The Bertz CT molecular complexity index is 563. The number of methoxy groups -OCH3 is 1. The lowest BCUT2D eigenvalue weighted by atomic mass is 9.79. The maximum Gasteiger partial charge on any atom is 0.313 e. The molecule has 5 nitrogen and oxygen atoms in total. The van der Waals surface area contributed by atoms with E-state index in [1.54, 1.807) is 32.2 Å². The SMILES string of the molecule is COCCC(C)(C(=O)O)c1ccc2ncoc2c1. The molecule has 0 amide bonds. The number of aliphatic carboxylic acids is 1. The van der Waals surface area contributed by atoms with Crippen molar-refractivity contribution in [2.45, 2.75) is 18.8 Å². The van der Waals surface area contributed by atoms with Gasteiger partial charge in [0.2, 0.25) is 0 Å². The molecule has 0 aliphatic heterocycles. The van der Waals surface area contributed by atoms with Crippen LogP contribution in [0.25, 0.3) is 11.1 Å². The fourth-order valence-electron chi connectivity index (χ4n) is 1.88. The predicted octanol–water partition coefficient (Wildman–Crippen LogP) is 2.21. The van der Waals surface area contributed by atoms with E-state index in [0.29, 0.717) is 24.2 Å². The van der Waals surface area contributed by atoms with Gasteiger partial charge in [0.25, 0.3) is 0 Å². The van der Waals surface area contributed by atoms with Crippen molar-refractivity contribution >= 4 is 17.1 Å². The molecule has 18 heavy (non-hydrogen) atoms. The summed E-state index contributed by atoms with van der Waals surface area (Å²) in [5.41, 5.74) is 1.02. The Hall–Kier alpha value is -1.88. The molecule has 1 heterocycles. The molecule has 2 aromatic rings. The van der Waals surface area contributed by atoms with E-state index in [2.05, 4.69) is 4.98 Å². The van der Waals surface area contributed by atoms with Crippen molar-refractivity contribution < 1.29 is 19.1 Å². The zero-order valence-corrected chi connectivity index (χ0v) is 10.3. The summed E-state index contributed by atoms with van der Waals surface area (Å²) in [5, 5.41) is 9.43. The van der Waals surface area contributed by atoms with Crippen LogP contribution in [0.3, 0.4) is 0 Å². The first-order chi connectivity index (χ1) is 8.58. The summed E-state index contributed by atoms with van der Waals surface area (Å²) in [7, 11) is 1.56. The highest BCUT2D eigenvalue weighted by Crippen LogP contribution is 2.30. The zero-order valence-electron chi connectivity index (χ0n) is 10.3. The summed E-state index contributed by atoms with van der Waals surface area (Å²) in [6.07, 6.45) is 1.75. The summed E-state index contributed by atoms with van der Waals surface area (Å²) in [6.45, 7) is 2.07. The highest BCUT2D eigenvalue weighted by Gasteiger charge is 2.35. The van der Waals surface area contributed by atoms with Gasteiger partial charge in [0.1, 0.15) is 5.52 Å². The van der Waals surface area contributed by atoms with E-state index >= 15 is 0 Å². The van der Waals surface area contributed by atoms with Crippen molar-refractivity contribution in [3.63, 3.8) is 0 Å². The Labute approximate surface area is 104 Å². The molecule has 1 N–H and O–H groups in total. The maximum absolute atomic E-state index is 11.5. The summed E-state index contributed by atoms with van der Waals surface area (Å²) in [4.78, 5) is 15.5. The van der Waals surface area contributed by atoms with Gasteiger partial charge in [-0.3, -0.25) is 4.79 Å². The number of hydrogen-bond donors (Lipinski definition) is 1. The second kappa shape index (κ2) is 4.78. The second-order valence-corrected chi connectivity index (χ2v) is 4.41. The van der Waals surface area contributed by atoms with Crippen molar-refractivity contribution in [3.8, 4) is 0 Å². The highest BCUT2D eigenvalue weighted by molar-refractivity contribution is 5.83. The van der Waals surface area contributed by atoms with Gasteiger partial charge in [0.05, 0.1) is 5.41 Å². The molecule has 0 aliphatic rings. The number of carbonyl (C=O) groups is 1. The van der Waals surface area contributed by atoms with Crippen molar-refractivity contribution in [2.75, 3.05) is 13.7 Å². The number of carboxylic acids is 1. The first-order valence-corrected chi connectivity index (χ1v) is 5.64. The summed E-state index contributed by atoms with van der Waals surface area (Å²) in [6, 6.07) is 5.27. The van der Waals surface area contributed by atoms with Crippen LogP contribution in [0.2, 0.25) is 0 Å². The minimum absolute atomic E-state index is 0.386. The van der Waals surface area contributed by atoms with Crippen molar-refractivity contribution in [1.29, 1.82) is 0 Å². The third-order valence-corrected chi connectivity index (χ3v) is 3.25. The zero-order chi connectivity index (χ0) is 13.2. The molecule has 1 unspecified atom stereocenters. The van der Waals surface area contributed by atoms with E-state index < -0.39 is 11.4 Å². The van der Waals surface area contributed by atoms with E-state index in [0.717, 1.165) is 5.52 Å². The van der Waals surface area contributed by atoms with E-state index in [-0.39, 0.29) is 0 Å². The van der Waals surface area contributed by atoms with Crippen LogP contribution in [0.15, 0.2) is 29.0 Å². The van der Waals surface area contributed by atoms with Gasteiger partial charge in [-0.2, -0.15) is 0 Å². The third-order valence-electron chi connectivity index (χ3n) is 3.25. The summed E-state index contributed by atoms with van der Waals surface area (Å²) < 4.78 is 10.2. The van der Waals surface area contributed by atoms with Crippen LogP contribution < -0.4 is 0 Å². The molecule has 0 radical (unpaired) electrons. The van der Waals surface area contributed by atoms with E-state index in [1.165, 1.54) is 6.39 Å². The molecular formula is C13H15NO4. The lowest BCUT2D eigenvalue weighted by molar-refractivity contribution is -0.143. The monoisotopic (exact) mass is 249 g/mol. The standard InChI is InChI=1S/C13H15NO4/c1-13(12(15)16,5-6-17-2)9-3-4-10-11(7-9)18-8-14-10/h3-4,7-8H,5-6H2,1-2H3,(H,15,16). The van der Waals surface area contributed by atoms with Crippen LogP contribution >= 0.6 is 0 Å². The molecule has 5 heteroatoms. The number of carboxylic acid groups (broad SMARTS) is 1. The van der Waals surface area contributed by atoms with Gasteiger partial charge in [0, 0.05) is 13.7 Å². The van der Waals surface area contributed by atoms with E-state index in [4.69, 9.17) is 9.15 Å². The predicted molar refractivity (Wildman–Crippen MR) is 65.5 cm³/mol. The number of benzene rings is 1. The number of hydrogen-bond acceptors (Lipinski definition) is 4. The van der Waals surface area contributed by atoms with Crippen molar-refractivity contribution in [2.24, 2.45) is 0 Å². The molecule has 0 aliphatic carbocycles. The Morgan fingerprint density at radius 2 is 2.33 bits per heavy atom. The molecular weight excluding hydrogens is 234 g/mol. The lowest BCUT2D eigenvalue weighted by Crippen LogP contribution is -2.33. The number of fused-ring (bicyclic) bond motifs is 1. The average Bonchev–Trinajstić information content (AvgIpc) is 2.82. The van der Waals surface area contributed by atoms with Crippen LogP contribution in [-0.4, -0.2) is 29.8 Å². The fraction of sp³-hybridized carbons (Fsp3) is 0.385. The first-order valence-electron chi connectivity index (χ1n) is 5.64. The van der Waals surface area contributed by atoms with Crippen LogP contribution in [0.4, 0.5) is 0 Å². The fourth-order valence-corrected chi connectivity index (χ4v) is 1.88. The molecule has 2 rings (SSSR count). The Morgan fingerprint density at radius 3 is 3.00 bits per heavy atom. The Kier molecular flexibility index (Phi) is 3.34. The largest absolute Gasteiger partial charge is 0.481 e. The van der Waals surface area contributed by atoms with Crippen molar-refractivity contribution in [1.82, 2.24) is 4.98 Å². The van der Waals surface area contributed by atoms with Crippen LogP contribution in [0.1, 0.15) is 18.9 Å². The minimum atomic E-state index is -0.989. The molecule has 0 saturated heterocycles. The topological polar surface area (TPSA) is 72.6 Å². The van der Waals surface area contributed by atoms with Crippen molar-refractivity contribution in [3.05, 3.63) is 30.2 Å². The van der Waals surface area contributed by atoms with Gasteiger partial charge < -0.3 is 14.3 Å². The minimum Gasteiger partial charge on any atom is -0.481 e. The normalized spacial score (nSPS) is 14.6. The first kappa shape index (κ1) is 12.6. The van der Waals surface area contributed by atoms with E-state index in [9.17, 15) is 9.90 Å². The van der Waals surface area contributed by atoms with Gasteiger partial charge in [-0.15, -0.1) is 0 Å². The Morgan fingerprint density at radius 1 is 1.56 bits per heavy atom. The smallest absolute Gasteiger partial charge is 0.313 e. The molecule has 1 aromatic carbocycles. The average molecular weight is 249 g/mol. The van der Waals surface area contributed by atoms with Gasteiger partial charge in [-0.25, -0.2) is 4.98 Å². The highest BCUT2D eigenvalue weighted by atomic mass is 16.5. The molecule has 1 atom stereocenters. The van der Waals surface area contributed by atoms with E-state index in [1.807, 2.05) is 0 Å². The number of aromatic nitrogens is 1. The van der Waals surface area contributed by atoms with Crippen LogP contribution in [0, 0.1) is 0 Å². The number of oxazole rings is 1. The molecule has 1 aromatic heterocycles. The Balaban J connectivity index is 2.43. The van der Waals surface area contributed by atoms with Gasteiger partial charge >= 0.3 is 5.97 Å². The van der Waals surface area contributed by atoms with Gasteiger partial charge in [0.15, 0.2) is 12.0 Å². The van der Waals surface area contributed by atoms with Crippen LogP contribution in [-0.2, 0) is 14.9 Å². The van der Waals surface area contributed by atoms with Gasteiger partial charge in [-0.1, -0.05) is 6.07 Å². The number of ether oxygens (including phenoxy) is 1. The maximum atomic E-state index is 11.5. The molecule has 0 fully saturated rings. The summed E-state index contributed by atoms with van der Waals surface area (Å²) in [5.74, 6) is -0.876. The molecule has 0 spiro atoms. The molecule has 0 bridgehead atoms. The van der Waals surface area contributed by atoms with Gasteiger partial charge in [-0.05, 0) is 31.0 Å². The lowest BCUT2D eigenvalue weighted by Gasteiger charge is -2.24. The molecule has 0 saturated carbocycles. The third kappa shape index (κ3) is 2.09. The quantitative estimate of drug-likeness (QED) is 0.879. The summed E-state index contributed by atoms with van der Waals surface area (Å²) >= 11 is 0. The van der Waals surface area contributed by atoms with Crippen LogP contribution in [0.5, 0.6) is 0 Å². The number of nitrogens with zero attached hydrogens (tertiary/aromatic N) is 1. The number of rotatable bonds is 5.